The zero-order valence-corrected chi connectivity index (χ0v) is 8.79. The van der Waals surface area contributed by atoms with Crippen LogP contribution in [0.15, 0.2) is 5.18 Å². The van der Waals surface area contributed by atoms with Crippen LogP contribution in [-0.4, -0.2) is 39.7 Å². The third kappa shape index (κ3) is 4.13. The Balaban J connectivity index is 4.14. The van der Waals surface area contributed by atoms with Gasteiger partial charge >= 0.3 is 0 Å². The van der Waals surface area contributed by atoms with Crippen molar-refractivity contribution in [3.63, 3.8) is 0 Å². The Labute approximate surface area is 83.7 Å². The number of hydrogen-bond donors (Lipinski definition) is 3. The van der Waals surface area contributed by atoms with Crippen molar-refractivity contribution in [3.8, 4) is 0 Å². The Hall–Kier alpha value is -0.520. The average Bonchev–Trinajstić information content (AvgIpc) is 2.11. The first-order valence-corrected chi connectivity index (χ1v) is 4.76. The molecule has 0 saturated heterocycles. The summed E-state index contributed by atoms with van der Waals surface area (Å²) in [4.78, 5) is 10.4. The molecule has 0 aliphatic heterocycles. The summed E-state index contributed by atoms with van der Waals surface area (Å²) < 4.78 is 0. The summed E-state index contributed by atoms with van der Waals surface area (Å²) in [6.45, 7) is 5.01. The molecule has 5 heteroatoms. The molecule has 3 unspecified atom stereocenters. The van der Waals surface area contributed by atoms with Crippen molar-refractivity contribution in [2.75, 3.05) is 0 Å². The quantitative estimate of drug-likeness (QED) is 0.543. The number of nitrogens with zero attached hydrogens (tertiary/aromatic N) is 1. The maximum atomic E-state index is 10.4. The highest BCUT2D eigenvalue weighted by molar-refractivity contribution is 4.79. The number of hydrogen-bond acceptors (Lipinski definition) is 5. The minimum atomic E-state index is -1.22. The molecular weight excluding hydrogens is 186 g/mol. The fourth-order valence-corrected chi connectivity index (χ4v) is 1.15. The first kappa shape index (κ1) is 13.5. The number of aliphatic hydroxyl groups is 3. The minimum Gasteiger partial charge on any atom is -0.391 e. The highest BCUT2D eigenvalue weighted by atomic mass is 16.4. The first-order valence-electron chi connectivity index (χ1n) is 4.76. The van der Waals surface area contributed by atoms with E-state index in [1.54, 1.807) is 0 Å². The normalized spacial score (nSPS) is 20.2. The molecule has 4 atom stereocenters. The highest BCUT2D eigenvalue weighted by Crippen LogP contribution is 2.15. The second-order valence-electron chi connectivity index (χ2n) is 3.95. The Morgan fingerprint density at radius 1 is 1.14 bits per heavy atom. The monoisotopic (exact) mass is 205 g/mol. The Morgan fingerprint density at radius 2 is 1.64 bits per heavy atom. The number of aliphatic hydroxyl groups excluding tert-OH is 3. The highest BCUT2D eigenvalue weighted by Gasteiger charge is 2.26. The molecule has 5 nitrogen and oxygen atoms in total. The second-order valence-corrected chi connectivity index (χ2v) is 3.95. The molecule has 0 fully saturated rings. The second kappa shape index (κ2) is 6.06. The van der Waals surface area contributed by atoms with E-state index in [0.29, 0.717) is 0 Å². The van der Waals surface area contributed by atoms with Gasteiger partial charge in [-0.3, -0.25) is 0 Å². The third-order valence-electron chi connectivity index (χ3n) is 2.28. The van der Waals surface area contributed by atoms with Crippen molar-refractivity contribution in [1.82, 2.24) is 0 Å². The summed E-state index contributed by atoms with van der Waals surface area (Å²) in [6, 6.07) is -0.529. The third-order valence-corrected chi connectivity index (χ3v) is 2.28. The van der Waals surface area contributed by atoms with Crippen LogP contribution in [0, 0.1) is 10.8 Å². The summed E-state index contributed by atoms with van der Waals surface area (Å²) in [5.41, 5.74) is 0. The van der Waals surface area contributed by atoms with Gasteiger partial charge in [0, 0.05) is 6.42 Å². The standard InChI is InChI=1S/C9H19NO4/c1-5(2)7(10-14)4-8(12)9(13)6(3)11/h5-9,11-13H,4H2,1-3H3/t6?,7?,8-,9?/m0/s1. The molecule has 0 amide bonds. The lowest BCUT2D eigenvalue weighted by Gasteiger charge is -2.23. The van der Waals surface area contributed by atoms with Crippen LogP contribution in [0.1, 0.15) is 27.2 Å². The van der Waals surface area contributed by atoms with Crippen LogP contribution in [0.5, 0.6) is 0 Å². The topological polar surface area (TPSA) is 90.1 Å². The van der Waals surface area contributed by atoms with E-state index >= 15 is 0 Å². The van der Waals surface area contributed by atoms with Crippen molar-refractivity contribution in [3.05, 3.63) is 4.91 Å². The van der Waals surface area contributed by atoms with E-state index < -0.39 is 24.4 Å². The van der Waals surface area contributed by atoms with E-state index in [2.05, 4.69) is 5.18 Å². The number of rotatable bonds is 6. The molecule has 0 aliphatic rings. The van der Waals surface area contributed by atoms with Crippen LogP contribution < -0.4 is 0 Å². The van der Waals surface area contributed by atoms with Gasteiger partial charge in [-0.1, -0.05) is 19.0 Å². The van der Waals surface area contributed by atoms with E-state index in [1.165, 1.54) is 6.92 Å². The maximum absolute atomic E-state index is 10.4. The Morgan fingerprint density at radius 3 is 1.93 bits per heavy atom. The van der Waals surface area contributed by atoms with Gasteiger partial charge in [-0.2, -0.15) is 4.91 Å². The predicted octanol–water partition coefficient (Wildman–Crippen LogP) is 0.270. The van der Waals surface area contributed by atoms with E-state index in [-0.39, 0.29) is 12.3 Å². The summed E-state index contributed by atoms with van der Waals surface area (Å²) in [6.07, 6.45) is -3.27. The lowest BCUT2D eigenvalue weighted by atomic mass is 9.95. The molecule has 0 aromatic rings. The van der Waals surface area contributed by atoms with Crippen LogP contribution in [0.3, 0.4) is 0 Å². The molecule has 0 rings (SSSR count). The summed E-state index contributed by atoms with van der Waals surface area (Å²) in [5, 5.41) is 30.6. The van der Waals surface area contributed by atoms with Crippen LogP contribution in [-0.2, 0) is 0 Å². The van der Waals surface area contributed by atoms with Gasteiger partial charge in [-0.25, -0.2) is 0 Å². The van der Waals surface area contributed by atoms with Crippen molar-refractivity contribution < 1.29 is 15.3 Å². The fraction of sp³-hybridized carbons (Fsp3) is 1.00. The largest absolute Gasteiger partial charge is 0.391 e. The van der Waals surface area contributed by atoms with Gasteiger partial charge in [0.2, 0.25) is 0 Å². The Kier molecular flexibility index (Phi) is 5.83. The minimum absolute atomic E-state index is 0.0170. The van der Waals surface area contributed by atoms with Crippen LogP contribution in [0.2, 0.25) is 0 Å². The van der Waals surface area contributed by atoms with Gasteiger partial charge in [0.25, 0.3) is 0 Å². The first-order chi connectivity index (χ1) is 6.40. The molecule has 0 radical (unpaired) electrons. The molecule has 3 N–H and O–H groups in total. The van der Waals surface area contributed by atoms with Gasteiger partial charge in [-0.15, -0.1) is 0 Å². The summed E-state index contributed by atoms with van der Waals surface area (Å²) in [5.74, 6) is 0.0170. The van der Waals surface area contributed by atoms with Crippen molar-refractivity contribution >= 4 is 0 Å². The van der Waals surface area contributed by atoms with Gasteiger partial charge in [-0.05, 0) is 12.8 Å². The molecule has 84 valence electrons. The SMILES string of the molecule is CC(C)C(C[C@H](O)C(O)C(C)O)N=O. The van der Waals surface area contributed by atoms with E-state index in [4.69, 9.17) is 5.11 Å². The maximum Gasteiger partial charge on any atom is 0.105 e. The van der Waals surface area contributed by atoms with Crippen LogP contribution in [0.4, 0.5) is 0 Å². The molecular formula is C9H19NO4. The van der Waals surface area contributed by atoms with Gasteiger partial charge in [0.1, 0.15) is 6.10 Å². The van der Waals surface area contributed by atoms with E-state index in [1.807, 2.05) is 13.8 Å². The van der Waals surface area contributed by atoms with E-state index in [9.17, 15) is 15.1 Å². The smallest absolute Gasteiger partial charge is 0.105 e. The molecule has 0 heterocycles. The van der Waals surface area contributed by atoms with Crippen molar-refractivity contribution in [1.29, 1.82) is 0 Å². The zero-order valence-electron chi connectivity index (χ0n) is 8.79. The van der Waals surface area contributed by atoms with Crippen LogP contribution >= 0.6 is 0 Å². The Bertz CT molecular complexity index is 172. The molecule has 0 aromatic carbocycles. The molecule has 0 aliphatic carbocycles. The molecule has 14 heavy (non-hydrogen) atoms. The van der Waals surface area contributed by atoms with Gasteiger partial charge in [0.15, 0.2) is 0 Å². The van der Waals surface area contributed by atoms with Crippen LogP contribution in [0.25, 0.3) is 0 Å². The zero-order chi connectivity index (χ0) is 11.3. The van der Waals surface area contributed by atoms with Crippen molar-refractivity contribution in [2.24, 2.45) is 11.1 Å². The molecule has 0 bridgehead atoms. The lowest BCUT2D eigenvalue weighted by molar-refractivity contribution is -0.0575. The fourth-order valence-electron chi connectivity index (χ4n) is 1.15. The van der Waals surface area contributed by atoms with Crippen molar-refractivity contribution in [2.45, 2.75) is 51.5 Å². The molecule has 0 spiro atoms. The molecule has 0 aromatic heterocycles. The summed E-state index contributed by atoms with van der Waals surface area (Å²) in [7, 11) is 0. The average molecular weight is 205 g/mol. The van der Waals surface area contributed by atoms with E-state index in [0.717, 1.165) is 0 Å². The van der Waals surface area contributed by atoms with Gasteiger partial charge < -0.3 is 15.3 Å². The predicted molar refractivity (Wildman–Crippen MR) is 52.7 cm³/mol. The summed E-state index contributed by atoms with van der Waals surface area (Å²) >= 11 is 0. The number of nitroso groups, excluding NO2 is 1. The molecule has 0 saturated carbocycles. The van der Waals surface area contributed by atoms with Gasteiger partial charge in [0.05, 0.1) is 18.2 Å². The lowest BCUT2D eigenvalue weighted by Crippen LogP contribution is -2.38.